The zero-order chi connectivity index (χ0) is 25.6. The molecule has 196 valence electrons. The molecule has 0 spiro atoms. The van der Waals surface area contributed by atoms with E-state index in [2.05, 4.69) is 34.3 Å². The summed E-state index contributed by atoms with van der Waals surface area (Å²) in [5, 5.41) is 6.35. The van der Waals surface area contributed by atoms with Gasteiger partial charge >= 0.3 is 0 Å². The minimum absolute atomic E-state index is 0.0468. The third-order valence-corrected chi connectivity index (χ3v) is 8.92. The van der Waals surface area contributed by atoms with Crippen molar-refractivity contribution in [2.45, 2.75) is 77.7 Å². The Morgan fingerprint density at radius 3 is 2.68 bits per heavy atom. The minimum atomic E-state index is 0.0468. The first-order valence-electron chi connectivity index (χ1n) is 13.9. The maximum Gasteiger partial charge on any atom is 0.253 e. The van der Waals surface area contributed by atoms with Gasteiger partial charge in [0, 0.05) is 29.7 Å². The van der Waals surface area contributed by atoms with E-state index in [4.69, 9.17) is 9.72 Å². The van der Waals surface area contributed by atoms with Crippen molar-refractivity contribution >= 4 is 17.2 Å². The lowest BCUT2D eigenvalue weighted by atomic mass is 9.89. The van der Waals surface area contributed by atoms with Crippen molar-refractivity contribution in [2.75, 3.05) is 13.7 Å². The second kappa shape index (κ2) is 12.1. The number of rotatable bonds is 9. The molecule has 5 nitrogen and oxygen atoms in total. The maximum absolute atomic E-state index is 13.3. The molecule has 0 bridgehead atoms. The summed E-state index contributed by atoms with van der Waals surface area (Å²) in [6.07, 6.45) is 14.8. The monoisotopic (exact) mass is 517 g/mol. The lowest BCUT2D eigenvalue weighted by molar-refractivity contribution is 0.0943. The zero-order valence-electron chi connectivity index (χ0n) is 22.2. The molecule has 2 heterocycles. The van der Waals surface area contributed by atoms with Gasteiger partial charge in [-0.1, -0.05) is 30.9 Å². The summed E-state index contributed by atoms with van der Waals surface area (Å²) in [7, 11) is 1.68. The van der Waals surface area contributed by atoms with Crippen LogP contribution in [0.25, 0.3) is 22.0 Å². The Bertz CT molecular complexity index is 1230. The van der Waals surface area contributed by atoms with Crippen molar-refractivity contribution in [3.05, 3.63) is 58.6 Å². The zero-order valence-corrected chi connectivity index (χ0v) is 23.0. The van der Waals surface area contributed by atoms with Crippen LogP contribution >= 0.6 is 11.3 Å². The van der Waals surface area contributed by atoms with Gasteiger partial charge in [-0.25, -0.2) is 4.98 Å². The Hall–Kier alpha value is -2.86. The Morgan fingerprint density at radius 1 is 1.14 bits per heavy atom. The summed E-state index contributed by atoms with van der Waals surface area (Å²) in [5.74, 6) is 1.50. The fourth-order valence-electron chi connectivity index (χ4n) is 5.74. The molecule has 1 N–H and O–H groups in total. The SMILES string of the molecule is COc1ccc(-c2nc(-c3cc(C(=O)NCC4CCCCC4)c(C)n3CCC3=CCCCC3)cs2)cc1. The predicted octanol–water partition coefficient (Wildman–Crippen LogP) is 7.80. The smallest absolute Gasteiger partial charge is 0.253 e. The molecule has 2 aromatic heterocycles. The van der Waals surface area contributed by atoms with E-state index >= 15 is 0 Å². The van der Waals surface area contributed by atoms with Gasteiger partial charge in [-0.15, -0.1) is 11.3 Å². The average molecular weight is 518 g/mol. The number of allylic oxidation sites excluding steroid dienone is 2. The summed E-state index contributed by atoms with van der Waals surface area (Å²) in [6, 6.07) is 10.1. The van der Waals surface area contributed by atoms with Crippen LogP contribution in [-0.4, -0.2) is 29.1 Å². The van der Waals surface area contributed by atoms with Gasteiger partial charge in [0.1, 0.15) is 10.8 Å². The average Bonchev–Trinajstić information content (AvgIpc) is 3.56. The number of aromatic nitrogens is 2. The number of thiazole rings is 1. The number of hydrogen-bond acceptors (Lipinski definition) is 4. The van der Waals surface area contributed by atoms with Crippen LogP contribution in [-0.2, 0) is 6.54 Å². The predicted molar refractivity (Wildman–Crippen MR) is 152 cm³/mol. The van der Waals surface area contributed by atoms with Gasteiger partial charge in [0.15, 0.2) is 0 Å². The fourth-order valence-corrected chi connectivity index (χ4v) is 6.56. The Labute approximate surface area is 225 Å². The molecule has 5 rings (SSSR count). The summed E-state index contributed by atoms with van der Waals surface area (Å²) in [5.41, 5.74) is 6.40. The number of carbonyl (C=O) groups excluding carboxylic acids is 1. The van der Waals surface area contributed by atoms with Crippen molar-refractivity contribution in [3.63, 3.8) is 0 Å². The van der Waals surface area contributed by atoms with E-state index in [1.54, 1.807) is 24.0 Å². The molecular weight excluding hydrogens is 478 g/mol. The van der Waals surface area contributed by atoms with E-state index in [1.807, 2.05) is 24.3 Å². The molecule has 1 fully saturated rings. The highest BCUT2D eigenvalue weighted by molar-refractivity contribution is 7.13. The van der Waals surface area contributed by atoms with Gasteiger partial charge in [-0.05, 0) is 88.1 Å². The van der Waals surface area contributed by atoms with Crippen LogP contribution in [0.1, 0.15) is 80.3 Å². The molecule has 2 aliphatic rings. The molecule has 0 unspecified atom stereocenters. The largest absolute Gasteiger partial charge is 0.497 e. The van der Waals surface area contributed by atoms with E-state index < -0.39 is 0 Å². The van der Waals surface area contributed by atoms with Crippen molar-refractivity contribution in [1.29, 1.82) is 0 Å². The normalized spacial score (nSPS) is 16.4. The van der Waals surface area contributed by atoms with E-state index in [0.29, 0.717) is 5.92 Å². The molecule has 6 heteroatoms. The lowest BCUT2D eigenvalue weighted by Crippen LogP contribution is -2.30. The van der Waals surface area contributed by atoms with Crippen LogP contribution < -0.4 is 10.1 Å². The molecule has 1 saturated carbocycles. The van der Waals surface area contributed by atoms with Crippen LogP contribution in [0.2, 0.25) is 0 Å². The molecular formula is C31H39N3O2S. The van der Waals surface area contributed by atoms with Crippen molar-refractivity contribution < 1.29 is 9.53 Å². The summed E-state index contributed by atoms with van der Waals surface area (Å²) < 4.78 is 7.62. The number of nitrogens with one attached hydrogen (secondary N) is 1. The molecule has 1 amide bonds. The number of benzene rings is 1. The van der Waals surface area contributed by atoms with E-state index in [-0.39, 0.29) is 5.91 Å². The molecule has 0 atom stereocenters. The van der Waals surface area contributed by atoms with E-state index in [0.717, 1.165) is 58.5 Å². The third-order valence-electron chi connectivity index (χ3n) is 8.03. The number of nitrogens with zero attached hydrogens (tertiary/aromatic N) is 2. The maximum atomic E-state index is 13.3. The van der Waals surface area contributed by atoms with Crippen molar-refractivity contribution in [3.8, 4) is 27.7 Å². The number of methoxy groups -OCH3 is 1. The first kappa shape index (κ1) is 25.8. The second-order valence-electron chi connectivity index (χ2n) is 10.5. The van der Waals surface area contributed by atoms with Gasteiger partial charge in [0.05, 0.1) is 24.1 Å². The second-order valence-corrected chi connectivity index (χ2v) is 11.4. The highest BCUT2D eigenvalue weighted by Gasteiger charge is 2.22. The van der Waals surface area contributed by atoms with Gasteiger partial charge in [0.2, 0.25) is 0 Å². The lowest BCUT2D eigenvalue weighted by Gasteiger charge is -2.21. The summed E-state index contributed by atoms with van der Waals surface area (Å²) >= 11 is 1.64. The van der Waals surface area contributed by atoms with E-state index in [1.165, 1.54) is 57.8 Å². The van der Waals surface area contributed by atoms with Crippen LogP contribution in [0.4, 0.5) is 0 Å². The van der Waals surface area contributed by atoms with Crippen LogP contribution in [0, 0.1) is 12.8 Å². The molecule has 0 aliphatic heterocycles. The van der Waals surface area contributed by atoms with Crippen LogP contribution in [0.3, 0.4) is 0 Å². The quantitative estimate of drug-likeness (QED) is 0.295. The minimum Gasteiger partial charge on any atom is -0.497 e. The van der Waals surface area contributed by atoms with Gasteiger partial charge in [-0.2, -0.15) is 0 Å². The molecule has 0 radical (unpaired) electrons. The molecule has 37 heavy (non-hydrogen) atoms. The summed E-state index contributed by atoms with van der Waals surface area (Å²) in [6.45, 7) is 3.74. The van der Waals surface area contributed by atoms with Gasteiger partial charge in [-0.3, -0.25) is 4.79 Å². The molecule has 3 aromatic rings. The number of hydrogen-bond donors (Lipinski definition) is 1. The Balaban J connectivity index is 1.40. The number of carbonyl (C=O) groups is 1. The van der Waals surface area contributed by atoms with Gasteiger partial charge in [0.25, 0.3) is 5.91 Å². The molecule has 2 aliphatic carbocycles. The molecule has 0 saturated heterocycles. The van der Waals surface area contributed by atoms with Crippen LogP contribution in [0.5, 0.6) is 5.75 Å². The first-order chi connectivity index (χ1) is 18.1. The topological polar surface area (TPSA) is 56.1 Å². The highest BCUT2D eigenvalue weighted by atomic mass is 32.1. The number of amides is 1. The Kier molecular flexibility index (Phi) is 8.45. The standard InChI is InChI=1S/C31H39N3O2S/c1-22-27(30(35)32-20-24-11-7-4-8-12-24)19-29(34(22)18-17-23-9-5-3-6-10-23)28-21-37-31(33-28)25-13-15-26(36-2)16-14-25/h9,13-16,19,21,24H,3-8,10-12,17-18,20H2,1-2H3,(H,32,35). The number of ether oxygens (including phenoxy) is 1. The Morgan fingerprint density at radius 2 is 1.95 bits per heavy atom. The van der Waals surface area contributed by atoms with Crippen molar-refractivity contribution in [1.82, 2.24) is 14.9 Å². The molecule has 1 aromatic carbocycles. The van der Waals surface area contributed by atoms with Crippen molar-refractivity contribution in [2.24, 2.45) is 5.92 Å². The fraction of sp³-hybridized carbons (Fsp3) is 0.484. The third kappa shape index (κ3) is 6.18. The van der Waals surface area contributed by atoms with Crippen LogP contribution in [0.15, 0.2) is 47.4 Å². The highest BCUT2D eigenvalue weighted by Crippen LogP contribution is 2.33. The van der Waals surface area contributed by atoms with Gasteiger partial charge < -0.3 is 14.6 Å². The summed E-state index contributed by atoms with van der Waals surface area (Å²) in [4.78, 5) is 18.3. The van der Waals surface area contributed by atoms with E-state index in [9.17, 15) is 4.79 Å². The first-order valence-corrected chi connectivity index (χ1v) is 14.8.